The molecule has 0 saturated carbocycles. The van der Waals surface area contributed by atoms with Crippen LogP contribution in [0.2, 0.25) is 0 Å². The predicted octanol–water partition coefficient (Wildman–Crippen LogP) is 3.41. The number of amides is 9. The lowest BCUT2D eigenvalue weighted by molar-refractivity contribution is -0.143. The van der Waals surface area contributed by atoms with Gasteiger partial charge in [-0.1, -0.05) is 100 Å². The third-order valence-corrected chi connectivity index (χ3v) is 26.5. The summed E-state index contributed by atoms with van der Waals surface area (Å²) in [5, 5.41) is 118. The number of unbranched alkanes of at least 4 members (excludes halogenated alkanes) is 1. The van der Waals surface area contributed by atoms with Crippen LogP contribution < -0.4 is 53.2 Å². The molecule has 9 amide bonds. The van der Waals surface area contributed by atoms with Gasteiger partial charge in [-0.15, -0.1) is 0 Å². The number of benzene rings is 3. The number of hydrogen-bond donors (Lipinski definition) is 19. The van der Waals surface area contributed by atoms with E-state index in [1.807, 2.05) is 11.8 Å². The number of urea groups is 1. The first-order valence-electron chi connectivity index (χ1n) is 49.0. The summed E-state index contributed by atoms with van der Waals surface area (Å²) >= 11 is 1.86. The Morgan fingerprint density at radius 1 is 0.479 bits per heavy atom. The van der Waals surface area contributed by atoms with Crippen LogP contribution in [0.25, 0.3) is 10.4 Å². The summed E-state index contributed by atoms with van der Waals surface area (Å²) < 4.78 is 22.1. The first-order chi connectivity index (χ1) is 69.5. The van der Waals surface area contributed by atoms with Crippen LogP contribution in [0, 0.1) is 41.4 Å². The Morgan fingerprint density at radius 3 is 1.55 bits per heavy atom. The zero-order chi connectivity index (χ0) is 108. The number of carbonyl (C=O) groups is 20. The molecule has 3 aliphatic heterocycles. The largest absolute Gasteiger partial charge is 0.508 e. The molecule has 3 heterocycles. The molecule has 3 aliphatic rings. The number of carboxylic acid groups (broad SMARTS) is 5. The van der Waals surface area contributed by atoms with Crippen molar-refractivity contribution in [3.05, 3.63) is 106 Å². The first kappa shape index (κ1) is 124. The van der Waals surface area contributed by atoms with Gasteiger partial charge in [0.2, 0.25) is 41.4 Å². The summed E-state index contributed by atoms with van der Waals surface area (Å²) in [6.45, 7) is 9.13. The predicted molar refractivity (Wildman–Crippen MR) is 524 cm³/mol. The van der Waals surface area contributed by atoms with E-state index in [-0.39, 0.29) is 139 Å². The van der Waals surface area contributed by atoms with Crippen LogP contribution >= 0.6 is 11.8 Å². The van der Waals surface area contributed by atoms with Gasteiger partial charge >= 0.3 is 35.9 Å². The fraction of sp³-hybridized carbons (Fsp3) is 0.616. The molecule has 0 radical (unpaired) electrons. The van der Waals surface area contributed by atoms with Crippen LogP contribution in [0.5, 0.6) is 11.5 Å². The monoisotopic (exact) mass is 2070 g/mol. The Morgan fingerprint density at radius 2 is 0.993 bits per heavy atom. The summed E-state index contributed by atoms with van der Waals surface area (Å²) in [7, 11) is 0. The standard InChI is InChI=1S/C58H84N6O18S.C41H57N7O15/c1-37(31-53(73)74)55(75)61-45(18-19-52(71)72)48(68)34-41(32-39-9-4-3-5-10-39)56(76)62-46(33-40-14-16-43(67)17-15-40)49(69)35-44(38(2)65)57(77)60-22-24-80-26-28-82-30-29-81-27-25-79-23-20-42(66)11-8-21-59-51(70)13-7-6-12-50-54-47(36-83-50)63-58(78)64-54;1-4-21(3)27(41(63)45-30(18-38(59)60)32(51)5-2)17-35(54)31(20-49)46-40(62)24(15-37(57)58)14-34(53)29(12-22-6-9-26(50)10-7-22)44-39(61)23(8-11-36(55)56)13-33(52)28-16-25(19-43-28)47-48-42/h3-5,9-10,14-17,37-38,41,44-47,50,54,65,67H,6-8,11-13,18-36H2,1-2H3,(H,59,70)(H,60,77)(H,61,75)(H,62,76)(H,71,72)(H,73,74)(H2,63,64,78);6-7,9-10,21,23-25,27-31,43,49-50H,4-5,8,11-20H2,1-3H3,(H,44,61)(H,45,63)(H,46,62)(H,55,56)(H,57,58)(H,59,60)/t37-,38+,41+,44-,45-,46-,47-,50-,54-;21-,23-,24+,25?,27+,28?,29+,30+,31+/m01/s1. The molecule has 3 fully saturated rings. The molecule has 19 N–H and O–H groups in total. The second kappa shape index (κ2) is 67.1. The van der Waals surface area contributed by atoms with Crippen molar-refractivity contribution in [1.82, 2.24) is 53.2 Å². The second-order valence-electron chi connectivity index (χ2n) is 36.5. The molecule has 6 rings (SSSR count). The number of carbonyl (C=O) groups excluding carboxylic acids is 15. The van der Waals surface area contributed by atoms with E-state index in [0.717, 1.165) is 25.0 Å². The summed E-state index contributed by atoms with van der Waals surface area (Å²) in [5.74, 6) is -23.1. The van der Waals surface area contributed by atoms with Crippen molar-refractivity contribution in [1.29, 1.82) is 0 Å². The topological polar surface area (TPSA) is 729 Å². The van der Waals surface area contributed by atoms with Crippen LogP contribution in [0.15, 0.2) is 84.0 Å². The molecule has 3 aromatic carbocycles. The maximum atomic E-state index is 14.3. The highest BCUT2D eigenvalue weighted by Crippen LogP contribution is 2.34. The number of nitrogens with one attached hydrogen (secondary N) is 10. The number of phenols is 2. The summed E-state index contributed by atoms with van der Waals surface area (Å²) in [4.78, 5) is 259. The molecule has 18 atom stereocenters. The van der Waals surface area contributed by atoms with Gasteiger partial charge in [-0.25, -0.2) is 4.79 Å². The highest BCUT2D eigenvalue weighted by atomic mass is 32.2. The molecule has 3 saturated heterocycles. The highest BCUT2D eigenvalue weighted by Gasteiger charge is 2.44. The number of nitrogens with zero attached hydrogens (tertiary/aromatic N) is 3. The maximum Gasteiger partial charge on any atom is 0.315 e. The number of aromatic hydroxyl groups is 2. The van der Waals surface area contributed by atoms with E-state index >= 15 is 0 Å². The van der Waals surface area contributed by atoms with Crippen molar-refractivity contribution < 1.29 is 161 Å². The number of aliphatic carboxylic acids is 5. The molecule has 0 aromatic heterocycles. The van der Waals surface area contributed by atoms with E-state index < -0.39 is 261 Å². The van der Waals surface area contributed by atoms with Gasteiger partial charge in [0.1, 0.15) is 23.3 Å². The highest BCUT2D eigenvalue weighted by molar-refractivity contribution is 8.00. The lowest BCUT2D eigenvalue weighted by Gasteiger charge is -2.27. The Balaban J connectivity index is 0.000000534. The fourth-order valence-corrected chi connectivity index (χ4v) is 18.0. The number of ether oxygens (including phenoxy) is 4. The number of Topliss-reactive ketones (excluding diaryl/α,β-unsaturated/α-hetero) is 7. The molecule has 146 heavy (non-hydrogen) atoms. The average Bonchev–Trinajstić information content (AvgIpc) is 1.66. The molecule has 47 heteroatoms. The zero-order valence-electron chi connectivity index (χ0n) is 82.8. The first-order valence-corrected chi connectivity index (χ1v) is 50.1. The number of phenolic OH excluding ortho intramolecular Hbond substituents is 2. The Kier molecular flexibility index (Phi) is 56.9. The van der Waals surface area contributed by atoms with Gasteiger partial charge in [-0.3, -0.25) is 91.1 Å². The number of rotatable bonds is 75. The van der Waals surface area contributed by atoms with Crippen molar-refractivity contribution in [2.75, 3.05) is 84.8 Å². The van der Waals surface area contributed by atoms with Crippen LogP contribution in [-0.2, 0) is 129 Å². The van der Waals surface area contributed by atoms with E-state index in [4.69, 9.17) is 24.5 Å². The molecular weight excluding hydrogens is 1930 g/mol. The Bertz CT molecular complexity index is 4880. The number of ketones is 7. The van der Waals surface area contributed by atoms with Gasteiger partial charge < -0.3 is 118 Å². The van der Waals surface area contributed by atoms with E-state index in [2.05, 4.69) is 63.2 Å². The van der Waals surface area contributed by atoms with Gasteiger partial charge in [-0.2, -0.15) is 11.8 Å². The lowest BCUT2D eigenvalue weighted by Crippen LogP contribution is -2.50. The normalized spacial score (nSPS) is 17.7. The number of hydrogen-bond acceptors (Lipinski definition) is 31. The maximum absolute atomic E-state index is 14.3. The van der Waals surface area contributed by atoms with Crippen molar-refractivity contribution in [2.45, 2.75) is 261 Å². The number of azide groups is 1. The SMILES string of the molecule is CCC(=O)[C@H](CC(=O)O)NC(=O)[C@@H](CC(=O)[C@H](CO)NC(=O)[C@H](CC(=O)O)CC(=O)[C@H](Cc1ccc(O)cc1)NC(=O)[C@H](CCC(=O)O)CC(=O)C1CC(N=[N+]=[N-])CN1)[C@H](C)CC.C[C@@H](CC(=O)O)C(=O)N[C@@H](CCC(=O)O)C(=O)C[C@@H](Cc1ccccc1)C(=O)N[C@@H](Cc1ccc(O)cc1)C(=O)C[C@H](C(=O)NCCOCCOCCOCCOCCC(=O)CCCNC(=O)CCCC[C@@H]1SC[C@@H]2NC(=O)N[C@@H]21)[C@@H](C)O. The number of thioether (sulfide) groups is 1. The summed E-state index contributed by atoms with van der Waals surface area (Å²) in [6, 6.07) is 11.6. The average molecular weight is 2070 g/mol. The van der Waals surface area contributed by atoms with Crippen molar-refractivity contribution in [3.63, 3.8) is 0 Å². The van der Waals surface area contributed by atoms with Gasteiger partial charge in [-0.05, 0) is 117 Å². The number of aliphatic hydroxyl groups excluding tert-OH is 2. The molecule has 806 valence electrons. The van der Waals surface area contributed by atoms with Crippen molar-refractivity contribution in [3.8, 4) is 11.5 Å². The molecule has 0 spiro atoms. The van der Waals surface area contributed by atoms with E-state index in [1.165, 1.54) is 57.2 Å². The summed E-state index contributed by atoms with van der Waals surface area (Å²) in [5.41, 5.74) is 10.3. The van der Waals surface area contributed by atoms with E-state index in [0.29, 0.717) is 74.0 Å². The lowest BCUT2D eigenvalue weighted by atomic mass is 9.85. The second-order valence-corrected chi connectivity index (χ2v) is 37.8. The summed E-state index contributed by atoms with van der Waals surface area (Å²) in [6.07, 6.45) is -3.87. The van der Waals surface area contributed by atoms with Crippen molar-refractivity contribution >= 4 is 129 Å². The van der Waals surface area contributed by atoms with Gasteiger partial charge in [0.15, 0.2) is 34.7 Å². The molecule has 0 bridgehead atoms. The van der Waals surface area contributed by atoms with Crippen LogP contribution in [0.4, 0.5) is 4.79 Å². The molecule has 2 unspecified atom stereocenters. The van der Waals surface area contributed by atoms with E-state index in [1.54, 1.807) is 56.3 Å². The van der Waals surface area contributed by atoms with Crippen LogP contribution in [0.1, 0.15) is 193 Å². The number of carboxylic acids is 5. The Hall–Kier alpha value is -12.8. The third-order valence-electron chi connectivity index (χ3n) is 25.0. The number of fused-ring (bicyclic) bond motifs is 1. The zero-order valence-corrected chi connectivity index (χ0v) is 83.7. The van der Waals surface area contributed by atoms with E-state index in [9.17, 15) is 142 Å². The third kappa shape index (κ3) is 47.6. The van der Waals surface area contributed by atoms with Gasteiger partial charge in [0, 0.05) is 130 Å². The minimum absolute atomic E-state index is 0.0159. The smallest absolute Gasteiger partial charge is 0.315 e. The van der Waals surface area contributed by atoms with Gasteiger partial charge in [0.05, 0.1) is 145 Å². The van der Waals surface area contributed by atoms with Crippen LogP contribution in [-0.4, -0.2) is 314 Å². The minimum atomic E-state index is -1.70. The minimum Gasteiger partial charge on any atom is -0.508 e. The molecule has 3 aromatic rings. The van der Waals surface area contributed by atoms with Gasteiger partial charge in [0.25, 0.3) is 0 Å². The molecule has 46 nitrogen and oxygen atoms in total. The molecular formula is C99H141N13O33S. The quantitative estimate of drug-likeness (QED) is 0.0127. The number of aliphatic hydroxyl groups is 2. The molecule has 0 aliphatic carbocycles. The van der Waals surface area contributed by atoms with Crippen molar-refractivity contribution in [2.24, 2.45) is 46.5 Å². The Labute approximate surface area is 849 Å². The fourth-order valence-electron chi connectivity index (χ4n) is 16.4. The van der Waals surface area contributed by atoms with Crippen LogP contribution in [0.3, 0.4) is 0 Å².